The minimum atomic E-state index is -4.33. The van der Waals surface area contributed by atoms with Gasteiger partial charge in [-0.15, -0.1) is 0 Å². The number of anilines is 1. The van der Waals surface area contributed by atoms with Crippen LogP contribution in [0.4, 0.5) is 18.3 Å². The summed E-state index contributed by atoms with van der Waals surface area (Å²) >= 11 is 1.39. The lowest BCUT2D eigenvalue weighted by Crippen LogP contribution is -2.24. The summed E-state index contributed by atoms with van der Waals surface area (Å²) in [5.74, 6) is 0.530. The zero-order chi connectivity index (χ0) is 15.6. The number of alkyl halides is 3. The largest absolute Gasteiger partial charge is 0.416 e. The van der Waals surface area contributed by atoms with Crippen molar-refractivity contribution < 1.29 is 13.2 Å². The molecule has 0 amide bonds. The van der Waals surface area contributed by atoms with Crippen LogP contribution in [0.1, 0.15) is 39.2 Å². The number of hydrogen-bond acceptors (Lipinski definition) is 3. The smallest absolute Gasteiger partial charge is 0.359 e. The number of rotatable bonds is 5. The molecule has 1 heterocycles. The number of thiazole rings is 1. The summed E-state index contributed by atoms with van der Waals surface area (Å²) in [7, 11) is 0. The van der Waals surface area contributed by atoms with Crippen molar-refractivity contribution in [2.24, 2.45) is 5.92 Å². The first-order valence-corrected chi connectivity index (χ1v) is 7.91. The Labute approximate surface area is 126 Å². The van der Waals surface area contributed by atoms with E-state index >= 15 is 0 Å². The Morgan fingerprint density at radius 1 is 1.24 bits per heavy atom. The first kappa shape index (κ1) is 16.1. The van der Waals surface area contributed by atoms with Gasteiger partial charge in [0.05, 0.1) is 15.8 Å². The second-order valence-corrected chi connectivity index (χ2v) is 6.24. The van der Waals surface area contributed by atoms with Crippen molar-refractivity contribution in [1.29, 1.82) is 0 Å². The van der Waals surface area contributed by atoms with Gasteiger partial charge in [0.15, 0.2) is 5.13 Å². The van der Waals surface area contributed by atoms with Crippen molar-refractivity contribution in [1.82, 2.24) is 4.98 Å². The van der Waals surface area contributed by atoms with Crippen LogP contribution in [0.25, 0.3) is 10.2 Å². The maximum absolute atomic E-state index is 12.7. The van der Waals surface area contributed by atoms with E-state index in [1.807, 2.05) is 0 Å². The van der Waals surface area contributed by atoms with Gasteiger partial charge in [0.25, 0.3) is 0 Å². The topological polar surface area (TPSA) is 24.9 Å². The molecule has 6 heteroatoms. The lowest BCUT2D eigenvalue weighted by atomic mass is 9.96. The SMILES string of the molecule is CCC(CC)C(C)Nc1nc2cc(C(F)(F)F)ccc2s1. The zero-order valence-corrected chi connectivity index (χ0v) is 13.1. The van der Waals surface area contributed by atoms with Gasteiger partial charge < -0.3 is 5.32 Å². The Hall–Kier alpha value is -1.30. The number of hydrogen-bond donors (Lipinski definition) is 1. The fraction of sp³-hybridized carbons (Fsp3) is 0.533. The standard InChI is InChI=1S/C15H19F3N2S/c1-4-10(5-2)9(3)19-14-20-12-8-11(15(16,17)18)6-7-13(12)21-14/h6-10H,4-5H2,1-3H3,(H,19,20). The molecule has 0 aliphatic rings. The Balaban J connectivity index is 2.23. The molecule has 1 aromatic carbocycles. The van der Waals surface area contributed by atoms with Crippen LogP contribution in [0, 0.1) is 5.92 Å². The van der Waals surface area contributed by atoms with Gasteiger partial charge >= 0.3 is 6.18 Å². The Morgan fingerprint density at radius 3 is 2.48 bits per heavy atom. The first-order chi connectivity index (χ1) is 9.85. The van der Waals surface area contributed by atoms with Crippen molar-refractivity contribution in [3.05, 3.63) is 23.8 Å². The predicted molar refractivity (Wildman–Crippen MR) is 81.8 cm³/mol. The van der Waals surface area contributed by atoms with E-state index in [1.165, 1.54) is 17.4 Å². The molecule has 1 atom stereocenters. The van der Waals surface area contributed by atoms with Crippen molar-refractivity contribution in [3.8, 4) is 0 Å². The minimum Gasteiger partial charge on any atom is -0.359 e. The van der Waals surface area contributed by atoms with Crippen LogP contribution in [0.15, 0.2) is 18.2 Å². The molecule has 2 rings (SSSR count). The maximum Gasteiger partial charge on any atom is 0.416 e. The van der Waals surface area contributed by atoms with E-state index in [2.05, 4.69) is 31.1 Å². The lowest BCUT2D eigenvalue weighted by molar-refractivity contribution is -0.137. The summed E-state index contributed by atoms with van der Waals surface area (Å²) in [5.41, 5.74) is -0.256. The molecule has 1 aromatic heterocycles. The van der Waals surface area contributed by atoms with Crippen molar-refractivity contribution in [2.45, 2.75) is 45.8 Å². The Kier molecular flexibility index (Phi) is 4.76. The summed E-state index contributed by atoms with van der Waals surface area (Å²) in [4.78, 5) is 4.29. The molecule has 1 N–H and O–H groups in total. The van der Waals surface area contributed by atoms with Crippen LogP contribution in [-0.2, 0) is 6.18 Å². The van der Waals surface area contributed by atoms with E-state index < -0.39 is 11.7 Å². The fourth-order valence-corrected chi connectivity index (χ4v) is 3.42. The first-order valence-electron chi connectivity index (χ1n) is 7.09. The molecule has 1 unspecified atom stereocenters. The van der Waals surface area contributed by atoms with E-state index in [-0.39, 0.29) is 6.04 Å². The normalized spacial score (nSPS) is 13.9. The molecular formula is C15H19F3N2S. The molecule has 0 spiro atoms. The average molecular weight is 316 g/mol. The summed E-state index contributed by atoms with van der Waals surface area (Å²) in [6.45, 7) is 6.37. The molecule has 2 nitrogen and oxygen atoms in total. The highest BCUT2D eigenvalue weighted by atomic mass is 32.1. The maximum atomic E-state index is 12.7. The zero-order valence-electron chi connectivity index (χ0n) is 12.3. The monoisotopic (exact) mass is 316 g/mol. The number of aromatic nitrogens is 1. The van der Waals surface area contributed by atoms with Crippen molar-refractivity contribution in [3.63, 3.8) is 0 Å². The van der Waals surface area contributed by atoms with Gasteiger partial charge in [-0.1, -0.05) is 38.0 Å². The van der Waals surface area contributed by atoms with Gasteiger partial charge in [-0.3, -0.25) is 0 Å². The van der Waals surface area contributed by atoms with Gasteiger partial charge in [-0.05, 0) is 31.0 Å². The van der Waals surface area contributed by atoms with E-state index in [0.717, 1.165) is 29.7 Å². The third-order valence-electron chi connectivity index (χ3n) is 3.82. The third kappa shape index (κ3) is 3.67. The molecule has 21 heavy (non-hydrogen) atoms. The molecule has 2 aromatic rings. The van der Waals surface area contributed by atoms with E-state index in [9.17, 15) is 13.2 Å². The Bertz CT molecular complexity index is 602. The molecule has 0 aliphatic heterocycles. The van der Waals surface area contributed by atoms with Crippen LogP contribution in [0.3, 0.4) is 0 Å². The van der Waals surface area contributed by atoms with E-state index in [1.54, 1.807) is 0 Å². The summed E-state index contributed by atoms with van der Waals surface area (Å²) in [6.07, 6.45) is -2.20. The number of nitrogens with zero attached hydrogens (tertiary/aromatic N) is 1. The molecule has 0 saturated carbocycles. The molecule has 0 saturated heterocycles. The van der Waals surface area contributed by atoms with Crippen LogP contribution in [0.5, 0.6) is 0 Å². The van der Waals surface area contributed by atoms with Crippen LogP contribution < -0.4 is 5.32 Å². The lowest BCUT2D eigenvalue weighted by Gasteiger charge is -2.21. The van der Waals surface area contributed by atoms with Crippen LogP contribution in [-0.4, -0.2) is 11.0 Å². The van der Waals surface area contributed by atoms with E-state index in [4.69, 9.17) is 0 Å². The van der Waals surface area contributed by atoms with Gasteiger partial charge in [-0.25, -0.2) is 4.98 Å². The highest BCUT2D eigenvalue weighted by molar-refractivity contribution is 7.22. The summed E-state index contributed by atoms with van der Waals surface area (Å²) < 4.78 is 38.8. The van der Waals surface area contributed by atoms with Crippen LogP contribution >= 0.6 is 11.3 Å². The third-order valence-corrected chi connectivity index (χ3v) is 4.79. The molecular weight excluding hydrogens is 297 g/mol. The number of fused-ring (bicyclic) bond motifs is 1. The predicted octanol–water partition coefficient (Wildman–Crippen LogP) is 5.55. The fourth-order valence-electron chi connectivity index (χ4n) is 2.47. The number of benzene rings is 1. The van der Waals surface area contributed by atoms with Crippen molar-refractivity contribution in [2.75, 3.05) is 5.32 Å². The summed E-state index contributed by atoms with van der Waals surface area (Å²) in [5, 5.41) is 4.00. The molecule has 0 radical (unpaired) electrons. The van der Waals surface area contributed by atoms with Crippen molar-refractivity contribution >= 4 is 26.7 Å². The minimum absolute atomic E-state index is 0.252. The summed E-state index contributed by atoms with van der Waals surface area (Å²) in [6, 6.07) is 3.96. The number of nitrogens with one attached hydrogen (secondary N) is 1. The Morgan fingerprint density at radius 2 is 1.90 bits per heavy atom. The molecule has 0 aliphatic carbocycles. The molecule has 116 valence electrons. The highest BCUT2D eigenvalue weighted by Crippen LogP contribution is 2.34. The van der Waals surface area contributed by atoms with Gasteiger partial charge in [0.1, 0.15) is 0 Å². The second-order valence-electron chi connectivity index (χ2n) is 5.21. The van der Waals surface area contributed by atoms with E-state index in [0.29, 0.717) is 16.6 Å². The second kappa shape index (κ2) is 6.22. The number of halogens is 3. The van der Waals surface area contributed by atoms with Crippen LogP contribution in [0.2, 0.25) is 0 Å². The molecule has 0 fully saturated rings. The van der Waals surface area contributed by atoms with Gasteiger partial charge in [0.2, 0.25) is 0 Å². The molecule has 0 bridgehead atoms. The average Bonchev–Trinajstić information content (AvgIpc) is 2.80. The van der Waals surface area contributed by atoms with Gasteiger partial charge in [0, 0.05) is 6.04 Å². The van der Waals surface area contributed by atoms with Gasteiger partial charge in [-0.2, -0.15) is 13.2 Å². The highest BCUT2D eigenvalue weighted by Gasteiger charge is 2.30. The quantitative estimate of drug-likeness (QED) is 0.782.